The van der Waals surface area contributed by atoms with Gasteiger partial charge in [-0.15, -0.1) is 0 Å². The first-order chi connectivity index (χ1) is 7.17. The van der Waals surface area contributed by atoms with Gasteiger partial charge in [-0.25, -0.2) is 0 Å². The second kappa shape index (κ2) is 3.48. The summed E-state index contributed by atoms with van der Waals surface area (Å²) >= 11 is 0. The largest absolute Gasteiger partial charge is 0.289 e. The zero-order valence-corrected chi connectivity index (χ0v) is 12.1. The minimum atomic E-state index is 0.328. The van der Waals surface area contributed by atoms with Crippen LogP contribution >= 0.6 is 0 Å². The molecule has 94 valence electrons. The molecule has 0 aromatic heterocycles. The number of hydrogen-bond donors (Lipinski definition) is 0. The molecular weight excluding hydrogens is 194 g/mol. The fourth-order valence-electron chi connectivity index (χ4n) is 4.06. The molecule has 0 aromatic carbocycles. The zero-order valence-electron chi connectivity index (χ0n) is 12.1. The molecule has 1 aliphatic heterocycles. The lowest BCUT2D eigenvalue weighted by Gasteiger charge is -2.56. The topological polar surface area (TPSA) is 3.24 Å². The second-order valence-corrected chi connectivity index (χ2v) is 8.04. The second-order valence-electron chi connectivity index (χ2n) is 8.04. The van der Waals surface area contributed by atoms with Gasteiger partial charge in [0.15, 0.2) is 0 Å². The van der Waals surface area contributed by atoms with Crippen LogP contribution in [-0.4, -0.2) is 22.0 Å². The fraction of sp³-hybridized carbons (Fsp3) is 1.00. The fourth-order valence-corrected chi connectivity index (χ4v) is 4.06. The minimum absolute atomic E-state index is 0.328. The molecule has 2 fully saturated rings. The summed E-state index contributed by atoms with van der Waals surface area (Å²) in [5, 5.41) is 0. The monoisotopic (exact) mass is 223 g/mol. The maximum absolute atomic E-state index is 2.88. The van der Waals surface area contributed by atoms with E-state index in [0.717, 1.165) is 6.04 Å². The molecule has 1 atom stereocenters. The predicted molar refractivity (Wildman–Crippen MR) is 70.7 cm³/mol. The van der Waals surface area contributed by atoms with E-state index >= 15 is 0 Å². The Balaban J connectivity index is 2.29. The highest BCUT2D eigenvalue weighted by Gasteiger charge is 2.55. The van der Waals surface area contributed by atoms with Crippen molar-refractivity contribution in [3.05, 3.63) is 0 Å². The summed E-state index contributed by atoms with van der Waals surface area (Å²) < 4.78 is 0. The molecule has 2 aliphatic rings. The van der Waals surface area contributed by atoms with Gasteiger partial charge in [-0.3, -0.25) is 4.90 Å². The van der Waals surface area contributed by atoms with Crippen molar-refractivity contribution in [3.8, 4) is 0 Å². The van der Waals surface area contributed by atoms with Crippen LogP contribution in [0.1, 0.15) is 73.6 Å². The highest BCUT2D eigenvalue weighted by Crippen LogP contribution is 2.54. The highest BCUT2D eigenvalue weighted by molar-refractivity contribution is 5.11. The molecule has 1 saturated carbocycles. The Morgan fingerprint density at radius 2 is 1.50 bits per heavy atom. The number of rotatable bonds is 0. The highest BCUT2D eigenvalue weighted by atomic mass is 15.3. The summed E-state index contributed by atoms with van der Waals surface area (Å²) in [6.45, 7) is 14.4. The van der Waals surface area contributed by atoms with E-state index in [1.807, 2.05) is 0 Å². The van der Waals surface area contributed by atoms with Gasteiger partial charge in [-0.05, 0) is 58.3 Å². The third kappa shape index (κ3) is 1.81. The van der Waals surface area contributed by atoms with E-state index in [4.69, 9.17) is 0 Å². The van der Waals surface area contributed by atoms with Gasteiger partial charge in [0, 0.05) is 17.1 Å². The zero-order chi connectivity index (χ0) is 12.2. The van der Waals surface area contributed by atoms with Crippen LogP contribution in [0.25, 0.3) is 0 Å². The van der Waals surface area contributed by atoms with Gasteiger partial charge in [0.25, 0.3) is 0 Å². The molecule has 1 nitrogen and oxygen atoms in total. The molecule has 1 heterocycles. The lowest BCUT2D eigenvalue weighted by atomic mass is 9.73. The Bertz CT molecular complexity index is 262. The van der Waals surface area contributed by atoms with Crippen LogP contribution in [0.4, 0.5) is 0 Å². The van der Waals surface area contributed by atoms with Crippen molar-refractivity contribution in [2.45, 2.75) is 90.8 Å². The van der Waals surface area contributed by atoms with E-state index in [0.29, 0.717) is 16.5 Å². The van der Waals surface area contributed by atoms with E-state index < -0.39 is 0 Å². The Labute approximate surface area is 102 Å². The van der Waals surface area contributed by atoms with E-state index in [9.17, 15) is 0 Å². The van der Waals surface area contributed by atoms with Crippen molar-refractivity contribution in [3.63, 3.8) is 0 Å². The molecule has 0 N–H and O–H groups in total. The molecule has 0 aromatic rings. The molecule has 1 unspecified atom stereocenters. The Morgan fingerprint density at radius 1 is 0.938 bits per heavy atom. The van der Waals surface area contributed by atoms with Crippen LogP contribution in [0.5, 0.6) is 0 Å². The van der Waals surface area contributed by atoms with Crippen molar-refractivity contribution in [1.82, 2.24) is 4.90 Å². The van der Waals surface area contributed by atoms with E-state index in [-0.39, 0.29) is 0 Å². The molecule has 0 radical (unpaired) electrons. The lowest BCUT2D eigenvalue weighted by Crippen LogP contribution is -2.61. The predicted octanol–water partition coefficient (Wildman–Crippen LogP) is 4.22. The van der Waals surface area contributed by atoms with Gasteiger partial charge >= 0.3 is 0 Å². The van der Waals surface area contributed by atoms with E-state index in [1.165, 1.54) is 32.1 Å². The molecule has 1 spiro atoms. The van der Waals surface area contributed by atoms with Crippen molar-refractivity contribution in [1.29, 1.82) is 0 Å². The summed E-state index contributed by atoms with van der Waals surface area (Å²) in [4.78, 5) is 2.88. The number of hydrogen-bond acceptors (Lipinski definition) is 1. The van der Waals surface area contributed by atoms with E-state index in [1.54, 1.807) is 0 Å². The van der Waals surface area contributed by atoms with Gasteiger partial charge in [0.05, 0.1) is 0 Å². The van der Waals surface area contributed by atoms with Crippen molar-refractivity contribution >= 4 is 0 Å². The summed E-state index contributed by atoms with van der Waals surface area (Å²) in [6, 6.07) is 0.771. The van der Waals surface area contributed by atoms with Gasteiger partial charge in [-0.1, -0.05) is 20.8 Å². The average molecular weight is 223 g/mol. The summed E-state index contributed by atoms with van der Waals surface area (Å²) in [5.74, 6) is 0. The summed E-state index contributed by atoms with van der Waals surface area (Å²) in [6.07, 6.45) is 7.17. The third-order valence-electron chi connectivity index (χ3n) is 4.71. The molecule has 16 heavy (non-hydrogen) atoms. The maximum atomic E-state index is 2.88. The lowest BCUT2D eigenvalue weighted by molar-refractivity contribution is -0.0627. The van der Waals surface area contributed by atoms with Crippen LogP contribution in [0, 0.1) is 5.41 Å². The average Bonchev–Trinajstić information content (AvgIpc) is 2.38. The SMILES string of the molecule is CC(C)(C)C1CCC2(CCC2)N1C(C)(C)C. The molecule has 0 bridgehead atoms. The smallest absolute Gasteiger partial charge is 0.0218 e. The third-order valence-corrected chi connectivity index (χ3v) is 4.71. The Kier molecular flexibility index (Phi) is 2.70. The first-order valence-electron chi connectivity index (χ1n) is 6.96. The van der Waals surface area contributed by atoms with Gasteiger partial charge < -0.3 is 0 Å². The number of likely N-dealkylation sites (tertiary alicyclic amines) is 1. The van der Waals surface area contributed by atoms with Crippen molar-refractivity contribution < 1.29 is 0 Å². The van der Waals surface area contributed by atoms with Crippen LogP contribution in [-0.2, 0) is 0 Å². The standard InChI is InChI=1S/C15H29N/c1-13(2,3)12-8-11-15(9-7-10-15)16(12)14(4,5)6/h12H,7-11H2,1-6H3. The molecule has 1 heteroatoms. The normalized spacial score (nSPS) is 30.8. The van der Waals surface area contributed by atoms with Gasteiger partial charge in [0.2, 0.25) is 0 Å². The van der Waals surface area contributed by atoms with Crippen LogP contribution in [0.3, 0.4) is 0 Å². The van der Waals surface area contributed by atoms with Crippen LogP contribution in [0.2, 0.25) is 0 Å². The van der Waals surface area contributed by atoms with Crippen molar-refractivity contribution in [2.75, 3.05) is 0 Å². The maximum Gasteiger partial charge on any atom is 0.0218 e. The first kappa shape index (κ1) is 12.4. The van der Waals surface area contributed by atoms with Gasteiger partial charge in [0.1, 0.15) is 0 Å². The van der Waals surface area contributed by atoms with Gasteiger partial charge in [-0.2, -0.15) is 0 Å². The molecular formula is C15H29N. The van der Waals surface area contributed by atoms with Crippen LogP contribution in [0.15, 0.2) is 0 Å². The van der Waals surface area contributed by atoms with Crippen molar-refractivity contribution in [2.24, 2.45) is 5.41 Å². The first-order valence-corrected chi connectivity index (χ1v) is 6.96. The summed E-state index contributed by atoms with van der Waals surface area (Å²) in [5.41, 5.74) is 1.33. The van der Waals surface area contributed by atoms with Crippen LogP contribution < -0.4 is 0 Å². The minimum Gasteiger partial charge on any atom is -0.289 e. The summed E-state index contributed by atoms with van der Waals surface area (Å²) in [7, 11) is 0. The molecule has 2 rings (SSSR count). The number of nitrogens with zero attached hydrogens (tertiary/aromatic N) is 1. The Morgan fingerprint density at radius 3 is 1.81 bits per heavy atom. The molecule has 0 amide bonds. The quantitative estimate of drug-likeness (QED) is 0.594. The Hall–Kier alpha value is -0.0400. The van der Waals surface area contributed by atoms with E-state index in [2.05, 4.69) is 46.4 Å². The molecule has 1 saturated heterocycles. The molecule has 1 aliphatic carbocycles.